The number of hydrogen-bond donors (Lipinski definition) is 5. The highest BCUT2D eigenvalue weighted by atomic mass is 16.7. The van der Waals surface area contributed by atoms with Crippen LogP contribution in [0.25, 0.3) is 0 Å². The summed E-state index contributed by atoms with van der Waals surface area (Å²) >= 11 is 0. The van der Waals surface area contributed by atoms with Crippen LogP contribution in [0.3, 0.4) is 0 Å². The van der Waals surface area contributed by atoms with E-state index in [2.05, 4.69) is 10.2 Å². The van der Waals surface area contributed by atoms with Gasteiger partial charge in [-0.3, -0.25) is 9.59 Å². The Balaban J connectivity index is 1.75. The van der Waals surface area contributed by atoms with E-state index in [1.165, 1.54) is 14.0 Å². The number of aryl methyl sites for hydroxylation is 1. The van der Waals surface area contributed by atoms with E-state index in [4.69, 9.17) is 33.2 Å². The van der Waals surface area contributed by atoms with Gasteiger partial charge in [0.1, 0.15) is 30.0 Å². The highest BCUT2D eigenvalue weighted by molar-refractivity contribution is 5.95. The predicted molar refractivity (Wildman–Crippen MR) is 250 cm³/mol. The van der Waals surface area contributed by atoms with Crippen molar-refractivity contribution in [1.29, 1.82) is 0 Å². The number of likely N-dealkylation sites (N-methyl/N-ethyl adjacent to an activating group) is 2. The summed E-state index contributed by atoms with van der Waals surface area (Å²) in [7, 11) is 9.27. The maximum absolute atomic E-state index is 14.5. The molecule has 17 heteroatoms. The zero-order chi connectivity index (χ0) is 49.8. The molecule has 5 N–H and O–H groups in total. The molecule has 0 aromatic carbocycles. The highest BCUT2D eigenvalue weighted by Crippen LogP contribution is 2.40. The Morgan fingerprint density at radius 2 is 1.62 bits per heavy atom. The second kappa shape index (κ2) is 23.1. The zero-order valence-electron chi connectivity index (χ0n) is 43.2. The first-order valence-electron chi connectivity index (χ1n) is 24.2. The lowest BCUT2D eigenvalue weighted by Crippen LogP contribution is -2.61. The molecule has 3 aliphatic rings. The lowest BCUT2D eigenvalue weighted by molar-refractivity contribution is -0.321. The van der Waals surface area contributed by atoms with E-state index >= 15 is 0 Å². The predicted octanol–water partition coefficient (Wildman–Crippen LogP) is 3.70. The monoisotopic (exact) mass is 941 g/mol. The number of aliphatic hydroxyl groups excluding tert-OH is 2. The number of rotatable bonds is 13. The molecule has 0 radical (unpaired) electrons. The standard InChI is InChI=1S/C49H88N4O13/c1-18-37-49(12,59)41(54)33(8)52(15)26-27(2)24-47(10,58)43(30(5)39(31(6)45(57)64-37)65-38-25-48(11,60-17)42(55)34(9)63-38)66-46-40(36(51(13)14)23-29(4)62-46)61-21-19-20-50-44(56)35-22-28(3)53(16)32(35)7/h22,27,29-31,33-34,36-43,46,54-55,58-59H,18-21,23-26H2,1-17H3,(H,50,56). The van der Waals surface area contributed by atoms with Crippen molar-refractivity contribution in [2.75, 3.05) is 47.9 Å². The molecular weight excluding hydrogens is 853 g/mol. The van der Waals surface area contributed by atoms with Crippen LogP contribution in [0.1, 0.15) is 123 Å². The van der Waals surface area contributed by atoms with Crippen molar-refractivity contribution in [3.05, 3.63) is 23.0 Å². The first-order valence-corrected chi connectivity index (χ1v) is 24.2. The number of nitrogens with zero attached hydrogens (tertiary/aromatic N) is 3. The minimum Gasteiger partial charge on any atom is -0.459 e. The Morgan fingerprint density at radius 1 is 0.970 bits per heavy atom. The number of aromatic nitrogens is 1. The maximum atomic E-state index is 14.5. The Hall–Kier alpha value is -2.26. The Bertz CT molecular complexity index is 1730. The van der Waals surface area contributed by atoms with Crippen molar-refractivity contribution in [2.45, 2.75) is 205 Å². The van der Waals surface area contributed by atoms with Gasteiger partial charge in [0, 0.05) is 69.7 Å². The van der Waals surface area contributed by atoms with Gasteiger partial charge in [0.2, 0.25) is 0 Å². The Labute approximate surface area is 395 Å². The van der Waals surface area contributed by atoms with E-state index in [1.54, 1.807) is 34.6 Å². The van der Waals surface area contributed by atoms with Gasteiger partial charge in [-0.2, -0.15) is 0 Å². The molecule has 0 aliphatic carbocycles. The topological polar surface area (TPSA) is 203 Å². The molecule has 4 rings (SSSR count). The van der Waals surface area contributed by atoms with Gasteiger partial charge in [0.15, 0.2) is 12.6 Å². The smallest absolute Gasteiger partial charge is 0.311 e. The number of hydrogen-bond acceptors (Lipinski definition) is 15. The van der Waals surface area contributed by atoms with E-state index in [1.807, 2.05) is 85.3 Å². The van der Waals surface area contributed by atoms with E-state index in [9.17, 15) is 30.0 Å². The maximum Gasteiger partial charge on any atom is 0.311 e. The van der Waals surface area contributed by atoms with Gasteiger partial charge in [-0.25, -0.2) is 0 Å². The molecule has 1 amide bonds. The molecule has 18 atom stereocenters. The molecule has 1 aromatic heterocycles. The van der Waals surface area contributed by atoms with E-state index in [-0.39, 0.29) is 49.8 Å². The Morgan fingerprint density at radius 3 is 2.20 bits per heavy atom. The lowest BCUT2D eigenvalue weighted by atomic mass is 9.77. The van der Waals surface area contributed by atoms with Crippen molar-refractivity contribution in [3.8, 4) is 0 Å². The van der Waals surface area contributed by atoms with E-state index < -0.39 is 96.0 Å². The zero-order valence-corrected chi connectivity index (χ0v) is 43.2. The van der Waals surface area contributed by atoms with Crippen LogP contribution in [0, 0.1) is 31.6 Å². The van der Waals surface area contributed by atoms with Gasteiger partial charge in [-0.05, 0) is 121 Å². The average Bonchev–Trinajstić information content (AvgIpc) is 3.50. The van der Waals surface area contributed by atoms with Crippen LogP contribution in [0.4, 0.5) is 0 Å². The molecule has 3 saturated heterocycles. The van der Waals surface area contributed by atoms with Gasteiger partial charge in [0.25, 0.3) is 5.91 Å². The molecule has 0 saturated carbocycles. The third-order valence-electron chi connectivity index (χ3n) is 15.1. The average molecular weight is 941 g/mol. The van der Waals surface area contributed by atoms with E-state index in [0.717, 1.165) is 11.4 Å². The number of cyclic esters (lactones) is 1. The number of amides is 1. The van der Waals surface area contributed by atoms with Crippen molar-refractivity contribution in [3.63, 3.8) is 0 Å². The fraction of sp³-hybridized carbons (Fsp3) is 0.878. The molecule has 66 heavy (non-hydrogen) atoms. The highest BCUT2D eigenvalue weighted by Gasteiger charge is 2.53. The normalized spacial score (nSPS) is 41.5. The second-order valence-corrected chi connectivity index (χ2v) is 21.0. The number of nitrogens with one attached hydrogen (secondary N) is 1. The van der Waals surface area contributed by atoms with Crippen molar-refractivity contribution in [2.24, 2.45) is 24.8 Å². The summed E-state index contributed by atoms with van der Waals surface area (Å²) in [6, 6.07) is 1.17. The van der Waals surface area contributed by atoms with Crippen LogP contribution in [0.15, 0.2) is 6.07 Å². The van der Waals surface area contributed by atoms with Crippen molar-refractivity contribution in [1.82, 2.24) is 19.7 Å². The van der Waals surface area contributed by atoms with Gasteiger partial charge >= 0.3 is 5.97 Å². The molecule has 3 fully saturated rings. The fourth-order valence-electron chi connectivity index (χ4n) is 10.6. The molecular formula is C49H88N4O13. The molecule has 17 nitrogen and oxygen atoms in total. The second-order valence-electron chi connectivity index (χ2n) is 21.0. The van der Waals surface area contributed by atoms with Gasteiger partial charge in [-0.1, -0.05) is 20.8 Å². The number of carbonyl (C=O) groups is 2. The minimum absolute atomic E-state index is 0.121. The van der Waals surface area contributed by atoms with Crippen molar-refractivity contribution >= 4 is 11.9 Å². The van der Waals surface area contributed by atoms with Crippen molar-refractivity contribution < 1.29 is 63.2 Å². The summed E-state index contributed by atoms with van der Waals surface area (Å²) in [6.45, 7) is 22.8. The van der Waals surface area contributed by atoms with Crippen LogP contribution in [0.5, 0.6) is 0 Å². The molecule has 1 aromatic rings. The molecule has 3 aliphatic heterocycles. The summed E-state index contributed by atoms with van der Waals surface area (Å²) in [5, 5.41) is 50.6. The number of carbonyl (C=O) groups excluding carboxylic acids is 2. The number of methoxy groups -OCH3 is 1. The largest absolute Gasteiger partial charge is 0.459 e. The number of esters is 1. The van der Waals surface area contributed by atoms with Crippen LogP contribution < -0.4 is 5.32 Å². The SMILES string of the molecule is CCC1OC(=O)C(C)C(OC2CC(C)(OC)C(O)C(C)O2)C(C)C(OC2OC(C)CC(N(C)C)C2OCCCNC(=O)c2cc(C)n(C)c2C)C(C)(O)CC(C)CN(C)C(C)C(O)C1(C)O. The summed E-state index contributed by atoms with van der Waals surface area (Å²) in [5.41, 5.74) is -1.92. The third-order valence-corrected chi connectivity index (χ3v) is 15.1. The molecule has 382 valence electrons. The fourth-order valence-corrected chi connectivity index (χ4v) is 10.6. The minimum atomic E-state index is -1.82. The van der Waals surface area contributed by atoms with Crippen LogP contribution in [-0.4, -0.2) is 185 Å². The molecule has 0 spiro atoms. The number of ether oxygens (including phenoxy) is 7. The summed E-state index contributed by atoms with van der Waals surface area (Å²) < 4.78 is 47.5. The van der Waals surface area contributed by atoms with Gasteiger partial charge in [0.05, 0.1) is 47.1 Å². The Kier molecular flexibility index (Phi) is 19.7. The number of aliphatic hydroxyl groups is 4. The van der Waals surface area contributed by atoms with Gasteiger partial charge in [-0.15, -0.1) is 0 Å². The molecule has 0 bridgehead atoms. The van der Waals surface area contributed by atoms with E-state index in [0.29, 0.717) is 31.5 Å². The third kappa shape index (κ3) is 12.9. The first kappa shape index (κ1) is 56.3. The van der Waals surface area contributed by atoms with Crippen LogP contribution in [0.2, 0.25) is 0 Å². The summed E-state index contributed by atoms with van der Waals surface area (Å²) in [5.74, 6) is -2.79. The van der Waals surface area contributed by atoms with Crippen LogP contribution >= 0.6 is 0 Å². The summed E-state index contributed by atoms with van der Waals surface area (Å²) in [4.78, 5) is 31.6. The quantitative estimate of drug-likeness (QED) is 0.142. The molecule has 18 unspecified atom stereocenters. The van der Waals surface area contributed by atoms with Gasteiger partial charge < -0.3 is 73.3 Å². The van der Waals surface area contributed by atoms with Crippen LogP contribution in [-0.2, 0) is 45.0 Å². The molecule has 4 heterocycles. The summed E-state index contributed by atoms with van der Waals surface area (Å²) in [6.07, 6.45) is -7.23. The lowest BCUT2D eigenvalue weighted by Gasteiger charge is -2.49. The first-order chi connectivity index (χ1) is 30.6.